The highest BCUT2D eigenvalue weighted by Crippen LogP contribution is 2.50. The van der Waals surface area contributed by atoms with Gasteiger partial charge in [-0.05, 0) is 38.0 Å². The summed E-state index contributed by atoms with van der Waals surface area (Å²) in [6.07, 6.45) is 5.19. The molecule has 0 saturated heterocycles. The minimum absolute atomic E-state index is 0.0347. The summed E-state index contributed by atoms with van der Waals surface area (Å²) in [4.78, 5) is 11.7. The molecular weight excluding hydrogens is 166 g/mol. The van der Waals surface area contributed by atoms with Crippen molar-refractivity contribution in [3.63, 3.8) is 0 Å². The van der Waals surface area contributed by atoms with Crippen LogP contribution in [-0.4, -0.2) is 19.1 Å². The second-order valence-corrected chi connectivity index (χ2v) is 4.43. The van der Waals surface area contributed by atoms with Crippen LogP contribution in [0.2, 0.25) is 0 Å². The highest BCUT2D eigenvalue weighted by molar-refractivity contribution is 5.78. The average Bonchev–Trinajstić information content (AvgIpc) is 2.18. The van der Waals surface area contributed by atoms with Crippen LogP contribution in [0.1, 0.15) is 32.1 Å². The van der Waals surface area contributed by atoms with E-state index < -0.39 is 0 Å². The molecule has 1 unspecified atom stereocenters. The summed E-state index contributed by atoms with van der Waals surface area (Å²) in [5, 5.41) is 0. The molecule has 3 fully saturated rings. The fourth-order valence-electron chi connectivity index (χ4n) is 2.94. The molecule has 0 aliphatic heterocycles. The van der Waals surface area contributed by atoms with Crippen molar-refractivity contribution in [1.82, 2.24) is 0 Å². The molecule has 3 nitrogen and oxygen atoms in total. The number of fused-ring (bicyclic) bond motifs is 3. The minimum Gasteiger partial charge on any atom is -0.469 e. The standard InChI is InChI=1S/C10H17NO2/c1-13-9(12)10-4-2-7(3-5-10)6-8(10)11/h7-8H,2-6,11H2,1H3. The molecule has 0 aromatic carbocycles. The van der Waals surface area contributed by atoms with Crippen LogP contribution in [0, 0.1) is 11.3 Å². The molecule has 13 heavy (non-hydrogen) atoms. The zero-order valence-electron chi connectivity index (χ0n) is 8.08. The highest BCUT2D eigenvalue weighted by atomic mass is 16.5. The van der Waals surface area contributed by atoms with Crippen molar-refractivity contribution in [3.05, 3.63) is 0 Å². The molecular formula is C10H17NO2. The number of rotatable bonds is 1. The molecule has 0 spiro atoms. The van der Waals surface area contributed by atoms with Crippen molar-refractivity contribution in [2.24, 2.45) is 17.1 Å². The molecule has 2 bridgehead atoms. The van der Waals surface area contributed by atoms with Gasteiger partial charge in [-0.15, -0.1) is 0 Å². The number of ether oxygens (including phenoxy) is 1. The molecule has 3 aliphatic carbocycles. The van der Waals surface area contributed by atoms with E-state index in [9.17, 15) is 4.79 Å². The molecule has 0 aromatic heterocycles. The predicted molar refractivity (Wildman–Crippen MR) is 49.0 cm³/mol. The molecule has 3 rings (SSSR count). The van der Waals surface area contributed by atoms with E-state index in [1.807, 2.05) is 0 Å². The minimum atomic E-state index is -0.330. The van der Waals surface area contributed by atoms with Crippen molar-refractivity contribution in [1.29, 1.82) is 0 Å². The Morgan fingerprint density at radius 2 is 2.08 bits per heavy atom. The number of esters is 1. The number of hydrogen-bond acceptors (Lipinski definition) is 3. The van der Waals surface area contributed by atoms with Gasteiger partial charge in [-0.3, -0.25) is 4.79 Å². The molecule has 3 aliphatic rings. The van der Waals surface area contributed by atoms with Gasteiger partial charge >= 0.3 is 5.97 Å². The SMILES string of the molecule is COC(=O)C12CCC(CC1)CC2N. The second kappa shape index (κ2) is 2.98. The Kier molecular flexibility index (Phi) is 2.06. The van der Waals surface area contributed by atoms with Crippen molar-refractivity contribution in [2.45, 2.75) is 38.1 Å². The summed E-state index contributed by atoms with van der Waals surface area (Å²) in [5.74, 6) is 0.680. The van der Waals surface area contributed by atoms with Crippen molar-refractivity contribution in [3.8, 4) is 0 Å². The van der Waals surface area contributed by atoms with Crippen LogP contribution in [0.3, 0.4) is 0 Å². The number of carbonyl (C=O) groups is 1. The van der Waals surface area contributed by atoms with Crippen molar-refractivity contribution >= 4 is 5.97 Å². The molecule has 0 amide bonds. The Morgan fingerprint density at radius 1 is 1.46 bits per heavy atom. The zero-order chi connectivity index (χ0) is 9.47. The first-order valence-electron chi connectivity index (χ1n) is 5.03. The summed E-state index contributed by atoms with van der Waals surface area (Å²) >= 11 is 0. The lowest BCUT2D eigenvalue weighted by atomic mass is 9.58. The van der Waals surface area contributed by atoms with Crippen LogP contribution < -0.4 is 5.73 Å². The largest absolute Gasteiger partial charge is 0.469 e. The average molecular weight is 183 g/mol. The Hall–Kier alpha value is -0.570. The molecule has 0 radical (unpaired) electrons. The summed E-state index contributed by atoms with van der Waals surface area (Å²) in [6, 6.07) is 0.0347. The van der Waals surface area contributed by atoms with Gasteiger partial charge in [-0.2, -0.15) is 0 Å². The van der Waals surface area contributed by atoms with Gasteiger partial charge in [-0.25, -0.2) is 0 Å². The molecule has 2 N–H and O–H groups in total. The lowest BCUT2D eigenvalue weighted by Gasteiger charge is -2.48. The summed E-state index contributed by atoms with van der Waals surface area (Å²) < 4.78 is 4.86. The van der Waals surface area contributed by atoms with Gasteiger partial charge in [0.1, 0.15) is 0 Å². The lowest BCUT2D eigenvalue weighted by Crippen LogP contribution is -2.55. The van der Waals surface area contributed by atoms with E-state index in [1.54, 1.807) is 0 Å². The van der Waals surface area contributed by atoms with Gasteiger partial charge in [0.15, 0.2) is 0 Å². The van der Waals surface area contributed by atoms with E-state index in [4.69, 9.17) is 10.5 Å². The number of carbonyl (C=O) groups excluding carboxylic acids is 1. The number of methoxy groups -OCH3 is 1. The Labute approximate surface area is 78.6 Å². The fourth-order valence-corrected chi connectivity index (χ4v) is 2.94. The van der Waals surface area contributed by atoms with E-state index in [0.29, 0.717) is 0 Å². The van der Waals surface area contributed by atoms with Crippen LogP contribution in [0.5, 0.6) is 0 Å². The maximum atomic E-state index is 11.7. The third-order valence-corrected chi connectivity index (χ3v) is 3.89. The normalized spacial score (nSPS) is 43.2. The van der Waals surface area contributed by atoms with Gasteiger partial charge < -0.3 is 10.5 Å². The van der Waals surface area contributed by atoms with Gasteiger partial charge in [0.25, 0.3) is 0 Å². The van der Waals surface area contributed by atoms with Gasteiger partial charge in [-0.1, -0.05) is 0 Å². The molecule has 3 heteroatoms. The fraction of sp³-hybridized carbons (Fsp3) is 0.900. The monoisotopic (exact) mass is 183 g/mol. The zero-order valence-corrected chi connectivity index (χ0v) is 8.08. The first-order valence-corrected chi connectivity index (χ1v) is 5.03. The predicted octanol–water partition coefficient (Wildman–Crippen LogP) is 1.07. The molecule has 3 saturated carbocycles. The van der Waals surface area contributed by atoms with Gasteiger partial charge in [0.2, 0.25) is 0 Å². The lowest BCUT2D eigenvalue weighted by molar-refractivity contribution is -0.161. The van der Waals surface area contributed by atoms with E-state index in [1.165, 1.54) is 7.11 Å². The van der Waals surface area contributed by atoms with Gasteiger partial charge in [0, 0.05) is 6.04 Å². The molecule has 0 heterocycles. The van der Waals surface area contributed by atoms with E-state index >= 15 is 0 Å². The van der Waals surface area contributed by atoms with Crippen LogP contribution in [0.15, 0.2) is 0 Å². The Balaban J connectivity index is 2.22. The first kappa shape index (κ1) is 9.00. The van der Waals surface area contributed by atoms with E-state index in [-0.39, 0.29) is 17.4 Å². The quantitative estimate of drug-likeness (QED) is 0.618. The maximum Gasteiger partial charge on any atom is 0.313 e. The summed E-state index contributed by atoms with van der Waals surface area (Å²) in [7, 11) is 1.46. The molecule has 1 atom stereocenters. The Bertz CT molecular complexity index is 219. The highest BCUT2D eigenvalue weighted by Gasteiger charge is 2.51. The topological polar surface area (TPSA) is 52.3 Å². The van der Waals surface area contributed by atoms with Crippen molar-refractivity contribution < 1.29 is 9.53 Å². The summed E-state index contributed by atoms with van der Waals surface area (Å²) in [5.41, 5.74) is 5.70. The third-order valence-electron chi connectivity index (χ3n) is 3.89. The van der Waals surface area contributed by atoms with E-state index in [0.717, 1.165) is 38.0 Å². The van der Waals surface area contributed by atoms with Crippen LogP contribution >= 0.6 is 0 Å². The Morgan fingerprint density at radius 3 is 2.54 bits per heavy atom. The smallest absolute Gasteiger partial charge is 0.313 e. The van der Waals surface area contributed by atoms with Crippen LogP contribution in [0.25, 0.3) is 0 Å². The molecule has 0 aromatic rings. The second-order valence-electron chi connectivity index (χ2n) is 4.43. The maximum absolute atomic E-state index is 11.7. The number of hydrogen-bond donors (Lipinski definition) is 1. The van der Waals surface area contributed by atoms with Crippen molar-refractivity contribution in [2.75, 3.05) is 7.11 Å². The summed E-state index contributed by atoms with van der Waals surface area (Å²) in [6.45, 7) is 0. The first-order chi connectivity index (χ1) is 6.19. The molecule has 74 valence electrons. The van der Waals surface area contributed by atoms with Crippen LogP contribution in [-0.2, 0) is 9.53 Å². The van der Waals surface area contributed by atoms with E-state index in [2.05, 4.69) is 0 Å². The van der Waals surface area contributed by atoms with Gasteiger partial charge in [0.05, 0.1) is 12.5 Å². The number of nitrogens with two attached hydrogens (primary N) is 1. The third kappa shape index (κ3) is 1.17. The van der Waals surface area contributed by atoms with Crippen LogP contribution in [0.4, 0.5) is 0 Å².